The van der Waals surface area contributed by atoms with Crippen molar-refractivity contribution in [1.29, 1.82) is 0 Å². The summed E-state index contributed by atoms with van der Waals surface area (Å²) >= 11 is 0. The van der Waals surface area contributed by atoms with Gasteiger partial charge in [-0.25, -0.2) is 4.39 Å². The van der Waals surface area contributed by atoms with Crippen molar-refractivity contribution < 1.29 is 13.5 Å². The molecule has 1 aliphatic rings. The van der Waals surface area contributed by atoms with Crippen molar-refractivity contribution in [2.45, 2.75) is 19.8 Å². The van der Waals surface area contributed by atoms with Gasteiger partial charge in [0.15, 0.2) is 5.96 Å². The van der Waals surface area contributed by atoms with Crippen molar-refractivity contribution in [2.75, 3.05) is 52.5 Å². The van der Waals surface area contributed by atoms with E-state index in [1.807, 2.05) is 25.1 Å². The Kier molecular flexibility index (Phi) is 11.2. The molecule has 0 radical (unpaired) electrons. The molecular weight excluding hydrogens is 498 g/mol. The lowest BCUT2D eigenvalue weighted by Gasteiger charge is -2.25. The molecule has 0 spiro atoms. The van der Waals surface area contributed by atoms with Gasteiger partial charge in [0.1, 0.15) is 11.6 Å². The molecule has 1 fully saturated rings. The van der Waals surface area contributed by atoms with Crippen LogP contribution in [0.4, 0.5) is 4.39 Å². The molecule has 166 valence electrons. The van der Waals surface area contributed by atoms with Crippen LogP contribution in [0.15, 0.2) is 46.0 Å². The smallest absolute Gasteiger partial charge is 0.191 e. The van der Waals surface area contributed by atoms with Crippen LogP contribution in [0.3, 0.4) is 0 Å². The van der Waals surface area contributed by atoms with Crippen LogP contribution in [0, 0.1) is 12.7 Å². The van der Waals surface area contributed by atoms with E-state index in [1.165, 1.54) is 6.07 Å². The van der Waals surface area contributed by atoms with E-state index < -0.39 is 0 Å². The summed E-state index contributed by atoms with van der Waals surface area (Å²) in [5, 5.41) is 6.78. The molecule has 2 aromatic rings. The standard InChI is InChI=1S/C22H31FN4O2.HI/c1-18-17-20(23)5-4-19(18)6-8-24-22(25-9-7-21-3-2-14-29-21)26-10-11-27-12-15-28-16-13-27;/h2-5,14,17H,6-13,15-16H2,1H3,(H2,24,25,26);1H. The summed E-state index contributed by atoms with van der Waals surface area (Å²) < 4.78 is 24.1. The molecule has 6 nitrogen and oxygen atoms in total. The van der Waals surface area contributed by atoms with E-state index in [1.54, 1.807) is 12.3 Å². The lowest BCUT2D eigenvalue weighted by atomic mass is 10.1. The summed E-state index contributed by atoms with van der Waals surface area (Å²) in [5.74, 6) is 1.56. The maximum absolute atomic E-state index is 13.3. The van der Waals surface area contributed by atoms with Crippen LogP contribution in [0.1, 0.15) is 16.9 Å². The van der Waals surface area contributed by atoms with E-state index in [0.29, 0.717) is 0 Å². The van der Waals surface area contributed by atoms with Gasteiger partial charge in [0.2, 0.25) is 0 Å². The third kappa shape index (κ3) is 8.61. The zero-order valence-electron chi connectivity index (χ0n) is 17.5. The van der Waals surface area contributed by atoms with E-state index >= 15 is 0 Å². The predicted octanol–water partition coefficient (Wildman–Crippen LogP) is 3.00. The van der Waals surface area contributed by atoms with E-state index in [4.69, 9.17) is 14.1 Å². The molecule has 30 heavy (non-hydrogen) atoms. The Balaban J connectivity index is 0.00000320. The molecule has 2 N–H and O–H groups in total. The molecule has 1 saturated heterocycles. The number of furan rings is 1. The minimum absolute atomic E-state index is 0. The quantitative estimate of drug-likeness (QED) is 0.297. The van der Waals surface area contributed by atoms with Gasteiger partial charge in [-0.1, -0.05) is 6.07 Å². The van der Waals surface area contributed by atoms with E-state index in [0.717, 1.165) is 88.2 Å². The second kappa shape index (κ2) is 13.6. The van der Waals surface area contributed by atoms with Gasteiger partial charge in [0.25, 0.3) is 0 Å². The van der Waals surface area contributed by atoms with Gasteiger partial charge >= 0.3 is 0 Å². The number of nitrogens with one attached hydrogen (secondary N) is 2. The van der Waals surface area contributed by atoms with Gasteiger partial charge in [-0.2, -0.15) is 0 Å². The van der Waals surface area contributed by atoms with Gasteiger partial charge < -0.3 is 19.8 Å². The largest absolute Gasteiger partial charge is 0.469 e. The fourth-order valence-corrected chi connectivity index (χ4v) is 3.32. The average Bonchev–Trinajstić information content (AvgIpc) is 3.23. The average molecular weight is 530 g/mol. The highest BCUT2D eigenvalue weighted by atomic mass is 127. The van der Waals surface area contributed by atoms with Crippen LogP contribution < -0.4 is 10.6 Å². The van der Waals surface area contributed by atoms with E-state index in [9.17, 15) is 4.39 Å². The number of nitrogens with zero attached hydrogens (tertiary/aromatic N) is 2. The molecule has 1 aromatic heterocycles. The maximum atomic E-state index is 13.3. The van der Waals surface area contributed by atoms with Crippen molar-refractivity contribution in [1.82, 2.24) is 15.5 Å². The normalized spacial score (nSPS) is 14.9. The molecule has 8 heteroatoms. The van der Waals surface area contributed by atoms with Crippen molar-refractivity contribution in [3.8, 4) is 0 Å². The number of aliphatic imine (C=N–C) groups is 1. The van der Waals surface area contributed by atoms with Crippen LogP contribution in [0.25, 0.3) is 0 Å². The number of benzene rings is 1. The van der Waals surface area contributed by atoms with Crippen molar-refractivity contribution >= 4 is 29.9 Å². The minimum atomic E-state index is -0.191. The molecule has 0 aliphatic carbocycles. The third-order valence-electron chi connectivity index (χ3n) is 5.03. The molecule has 0 bridgehead atoms. The number of guanidine groups is 1. The van der Waals surface area contributed by atoms with Gasteiger partial charge in [-0.05, 0) is 48.7 Å². The number of rotatable bonds is 9. The molecule has 2 heterocycles. The number of ether oxygens (including phenoxy) is 1. The highest BCUT2D eigenvalue weighted by Crippen LogP contribution is 2.10. The lowest BCUT2D eigenvalue weighted by molar-refractivity contribution is 0.0394. The first kappa shape index (κ1) is 24.6. The second-order valence-electron chi connectivity index (χ2n) is 7.19. The van der Waals surface area contributed by atoms with Crippen molar-refractivity contribution in [2.24, 2.45) is 4.99 Å². The number of aryl methyl sites for hydroxylation is 1. The van der Waals surface area contributed by atoms with Crippen LogP contribution >= 0.6 is 24.0 Å². The first-order valence-corrected chi connectivity index (χ1v) is 10.3. The predicted molar refractivity (Wildman–Crippen MR) is 128 cm³/mol. The monoisotopic (exact) mass is 530 g/mol. The number of halogens is 2. The Bertz CT molecular complexity index is 765. The highest BCUT2D eigenvalue weighted by molar-refractivity contribution is 14.0. The molecule has 1 aliphatic heterocycles. The Morgan fingerprint density at radius 2 is 1.90 bits per heavy atom. The fraction of sp³-hybridized carbons (Fsp3) is 0.500. The van der Waals surface area contributed by atoms with Gasteiger partial charge in [-0.3, -0.25) is 9.89 Å². The van der Waals surface area contributed by atoms with Crippen LogP contribution in [0.2, 0.25) is 0 Å². The van der Waals surface area contributed by atoms with Gasteiger partial charge in [0, 0.05) is 39.1 Å². The highest BCUT2D eigenvalue weighted by Gasteiger charge is 2.09. The van der Waals surface area contributed by atoms with Gasteiger partial charge in [-0.15, -0.1) is 24.0 Å². The van der Waals surface area contributed by atoms with Crippen LogP contribution in [-0.4, -0.2) is 63.3 Å². The summed E-state index contributed by atoms with van der Waals surface area (Å²) in [5.41, 5.74) is 2.12. The first-order valence-electron chi connectivity index (χ1n) is 10.3. The first-order chi connectivity index (χ1) is 14.2. The molecular formula is C22H32FIN4O2. The Morgan fingerprint density at radius 1 is 1.13 bits per heavy atom. The summed E-state index contributed by atoms with van der Waals surface area (Å²) in [6.07, 6.45) is 3.30. The zero-order valence-corrected chi connectivity index (χ0v) is 19.9. The SMILES string of the molecule is Cc1cc(F)ccc1CCNC(=NCCN1CCOCC1)NCCc1ccco1.I. The Labute approximate surface area is 195 Å². The maximum Gasteiger partial charge on any atom is 0.191 e. The summed E-state index contributed by atoms with van der Waals surface area (Å²) in [6.45, 7) is 8.60. The van der Waals surface area contributed by atoms with Crippen molar-refractivity contribution in [3.63, 3.8) is 0 Å². The lowest BCUT2D eigenvalue weighted by Crippen LogP contribution is -2.41. The summed E-state index contributed by atoms with van der Waals surface area (Å²) in [4.78, 5) is 7.10. The molecule has 0 unspecified atom stereocenters. The summed E-state index contributed by atoms with van der Waals surface area (Å²) in [6, 6.07) is 8.82. The Hall–Kier alpha value is -1.65. The number of hydrogen-bond acceptors (Lipinski definition) is 4. The molecule has 0 amide bonds. The molecule has 3 rings (SSSR count). The van der Waals surface area contributed by atoms with Crippen molar-refractivity contribution in [3.05, 3.63) is 59.3 Å². The third-order valence-corrected chi connectivity index (χ3v) is 5.03. The summed E-state index contributed by atoms with van der Waals surface area (Å²) in [7, 11) is 0. The molecule has 1 aromatic carbocycles. The van der Waals surface area contributed by atoms with Crippen LogP contribution in [0.5, 0.6) is 0 Å². The molecule has 0 saturated carbocycles. The topological polar surface area (TPSA) is 62.0 Å². The van der Waals surface area contributed by atoms with Gasteiger partial charge in [0.05, 0.1) is 26.0 Å². The minimum Gasteiger partial charge on any atom is -0.469 e. The number of hydrogen-bond donors (Lipinski definition) is 2. The zero-order chi connectivity index (χ0) is 20.3. The number of morpholine rings is 1. The van der Waals surface area contributed by atoms with E-state index in [-0.39, 0.29) is 29.8 Å². The van der Waals surface area contributed by atoms with E-state index in [2.05, 4.69) is 15.5 Å². The van der Waals surface area contributed by atoms with Crippen LogP contribution in [-0.2, 0) is 17.6 Å². The fourth-order valence-electron chi connectivity index (χ4n) is 3.32. The Morgan fingerprint density at radius 3 is 2.60 bits per heavy atom. The second-order valence-corrected chi connectivity index (χ2v) is 7.19. The molecule has 0 atom stereocenters.